The van der Waals surface area contributed by atoms with E-state index in [1.807, 2.05) is 34.9 Å². The quantitative estimate of drug-likeness (QED) is 0.301. The third-order valence-electron chi connectivity index (χ3n) is 8.26. The monoisotopic (exact) mass is 522 g/mol. The maximum Gasteiger partial charge on any atom is 0.322 e. The highest BCUT2D eigenvalue weighted by atomic mass is 16.2. The number of carbonyl (C=O) groups is 1. The molecule has 41 heavy (non-hydrogen) atoms. The molecule has 4 heterocycles. The van der Waals surface area contributed by atoms with Crippen LogP contribution < -0.4 is 32.6 Å². The van der Waals surface area contributed by atoms with Crippen LogP contribution in [0.3, 0.4) is 0 Å². The van der Waals surface area contributed by atoms with E-state index in [1.165, 1.54) is 0 Å². The second-order valence-corrected chi connectivity index (χ2v) is 10.9. The second kappa shape index (κ2) is 10.2. The number of hydrogen-bond donors (Lipinski definition) is 2. The molecule has 1 atom stereocenters. The van der Waals surface area contributed by atoms with E-state index in [0.717, 1.165) is 51.9 Å². The molecular formula is C27H21B7N6O. The van der Waals surface area contributed by atoms with Crippen molar-refractivity contribution in [1.29, 1.82) is 0 Å². The SMILES string of the molecule is [B]c1c([B])c([B])c(C([B])([B])N2CCC[C@@H](N3Cc4cc5c(-c6ccnc(C)c6)n[nH]c5cc4NC3=O)C2)c([B])c1[B]. The first-order valence-corrected chi connectivity index (χ1v) is 13.3. The average Bonchev–Trinajstić information content (AvgIpc) is 3.36. The third kappa shape index (κ3) is 4.64. The van der Waals surface area contributed by atoms with Crippen LogP contribution in [0.5, 0.6) is 0 Å². The van der Waals surface area contributed by atoms with E-state index >= 15 is 0 Å². The summed E-state index contributed by atoms with van der Waals surface area (Å²) in [7, 11) is 44.1. The van der Waals surface area contributed by atoms with Gasteiger partial charge in [0.25, 0.3) is 0 Å². The standard InChI is InChI=1S/C27H21B7N6O/c1-12-7-13(4-5-35-12)25-16-8-14-10-40(26(41)36-17(14)9-18(16)37-38-25)15-3-2-6-39(11-15)27(33,34)19-20(28)22(30)24(32)23(31)21(19)29/h4-5,7-9,15H,2-3,6,10-11H2,1H3,(H,36,41)(H,37,38)/t15-/m1/s1. The van der Waals surface area contributed by atoms with Crippen molar-refractivity contribution in [2.45, 2.75) is 37.7 Å². The van der Waals surface area contributed by atoms with Crippen molar-refractivity contribution in [2.75, 3.05) is 18.4 Å². The zero-order chi connectivity index (χ0) is 29.2. The van der Waals surface area contributed by atoms with Gasteiger partial charge in [0, 0.05) is 47.7 Å². The van der Waals surface area contributed by atoms with Gasteiger partial charge in [-0.05, 0) is 61.5 Å². The number of nitrogens with one attached hydrogen (secondary N) is 2. The zero-order valence-electron chi connectivity index (χ0n) is 22.7. The lowest BCUT2D eigenvalue weighted by Crippen LogP contribution is -2.65. The fourth-order valence-corrected chi connectivity index (χ4v) is 5.99. The summed E-state index contributed by atoms with van der Waals surface area (Å²) in [5.41, 5.74) is 5.91. The zero-order valence-corrected chi connectivity index (χ0v) is 22.7. The topological polar surface area (TPSA) is 77.2 Å². The van der Waals surface area contributed by atoms with E-state index in [0.29, 0.717) is 19.6 Å². The Kier molecular flexibility index (Phi) is 6.96. The molecule has 1 saturated heterocycles. The Balaban J connectivity index is 1.30. The highest BCUT2D eigenvalue weighted by Crippen LogP contribution is 2.35. The van der Waals surface area contributed by atoms with Crippen LogP contribution in [-0.2, 0) is 11.9 Å². The Hall–Kier alpha value is -3.26. The fourth-order valence-electron chi connectivity index (χ4n) is 5.99. The van der Waals surface area contributed by atoms with Crippen LogP contribution >= 0.6 is 0 Å². The minimum absolute atomic E-state index is 0.0828. The van der Waals surface area contributed by atoms with Gasteiger partial charge in [0.1, 0.15) is 44.9 Å². The van der Waals surface area contributed by atoms with E-state index < -0.39 is 5.34 Å². The first-order valence-electron chi connectivity index (χ1n) is 13.3. The van der Waals surface area contributed by atoms with Crippen LogP contribution in [0.1, 0.15) is 29.7 Å². The van der Waals surface area contributed by atoms with Crippen molar-refractivity contribution in [2.24, 2.45) is 0 Å². The Morgan fingerprint density at radius 1 is 1.00 bits per heavy atom. The van der Waals surface area contributed by atoms with Gasteiger partial charge in [-0.25, -0.2) is 4.79 Å². The molecule has 6 rings (SSSR count). The summed E-state index contributed by atoms with van der Waals surface area (Å²) in [4.78, 5) is 21.3. The van der Waals surface area contributed by atoms with E-state index in [4.69, 9.17) is 54.9 Å². The molecule has 2 amide bonds. The van der Waals surface area contributed by atoms with Crippen LogP contribution in [-0.4, -0.2) is 105 Å². The minimum atomic E-state index is -1.60. The van der Waals surface area contributed by atoms with E-state index in [-0.39, 0.29) is 45.0 Å². The second-order valence-electron chi connectivity index (χ2n) is 10.9. The summed E-state index contributed by atoms with van der Waals surface area (Å²) in [5, 5.41) is 10.0. The van der Waals surface area contributed by atoms with Gasteiger partial charge in [0.2, 0.25) is 0 Å². The number of benzene rings is 2. The Morgan fingerprint density at radius 3 is 2.41 bits per heavy atom. The molecule has 2 aliphatic heterocycles. The molecule has 7 nitrogen and oxygen atoms in total. The normalized spacial score (nSPS) is 17.9. The molecule has 0 aliphatic carbocycles. The molecule has 2 aromatic heterocycles. The summed E-state index contributed by atoms with van der Waals surface area (Å²) >= 11 is 0. The number of H-pyrrole nitrogens is 1. The summed E-state index contributed by atoms with van der Waals surface area (Å²) in [6.45, 7) is 3.29. The van der Waals surface area contributed by atoms with Crippen LogP contribution in [0.25, 0.3) is 22.2 Å². The van der Waals surface area contributed by atoms with Crippen molar-refractivity contribution in [1.82, 2.24) is 25.0 Å². The van der Waals surface area contributed by atoms with Gasteiger partial charge >= 0.3 is 6.03 Å². The van der Waals surface area contributed by atoms with Crippen molar-refractivity contribution in [3.63, 3.8) is 0 Å². The molecule has 2 N–H and O–H groups in total. The van der Waals surface area contributed by atoms with Gasteiger partial charge in [0.05, 0.1) is 21.2 Å². The van der Waals surface area contributed by atoms with E-state index in [9.17, 15) is 4.79 Å². The number of aryl methyl sites for hydroxylation is 1. The number of carbonyl (C=O) groups excluding carboxylic acids is 1. The van der Waals surface area contributed by atoms with Crippen molar-refractivity contribution in [3.05, 3.63) is 47.3 Å². The highest BCUT2D eigenvalue weighted by Gasteiger charge is 2.38. The van der Waals surface area contributed by atoms with Crippen LogP contribution in [0, 0.1) is 6.92 Å². The van der Waals surface area contributed by atoms with Crippen LogP contribution in [0.2, 0.25) is 0 Å². The van der Waals surface area contributed by atoms with E-state index in [2.05, 4.69) is 26.6 Å². The van der Waals surface area contributed by atoms with Crippen LogP contribution in [0.4, 0.5) is 10.5 Å². The van der Waals surface area contributed by atoms with Gasteiger partial charge in [0.15, 0.2) is 0 Å². The maximum atomic E-state index is 13.3. The molecule has 0 saturated carbocycles. The predicted molar refractivity (Wildman–Crippen MR) is 170 cm³/mol. The summed E-state index contributed by atoms with van der Waals surface area (Å²) in [5.74, 6) is 0. The van der Waals surface area contributed by atoms with Crippen LogP contribution in [0.15, 0.2) is 30.5 Å². The molecule has 4 aromatic rings. The number of likely N-dealkylation sites (tertiary alicyclic amines) is 1. The van der Waals surface area contributed by atoms with Gasteiger partial charge in [-0.2, -0.15) is 5.10 Å². The van der Waals surface area contributed by atoms with Gasteiger partial charge < -0.3 is 15.1 Å². The van der Waals surface area contributed by atoms with Crippen molar-refractivity contribution >= 4 is 105 Å². The van der Waals surface area contributed by atoms with Gasteiger partial charge in [-0.3, -0.25) is 10.1 Å². The van der Waals surface area contributed by atoms with Gasteiger partial charge in [-0.1, -0.05) is 5.56 Å². The number of amides is 2. The first-order chi connectivity index (χ1) is 19.5. The molecule has 0 unspecified atom stereocenters. The third-order valence-corrected chi connectivity index (χ3v) is 8.26. The Bertz CT molecular complexity index is 1680. The molecule has 14 heteroatoms. The van der Waals surface area contributed by atoms with Gasteiger partial charge in [-0.15, -0.1) is 27.3 Å². The predicted octanol–water partition coefficient (Wildman–Crippen LogP) is -2.14. The number of pyridine rings is 1. The number of aromatic amines is 1. The van der Waals surface area contributed by atoms with Crippen molar-refractivity contribution < 1.29 is 4.79 Å². The molecular weight excluding hydrogens is 500 g/mol. The molecule has 0 spiro atoms. The lowest BCUT2D eigenvalue weighted by molar-refractivity contribution is 0.0937. The summed E-state index contributed by atoms with van der Waals surface area (Å²) in [6.07, 6.45) is 3.27. The first kappa shape index (κ1) is 27.9. The Labute approximate surface area is 248 Å². The van der Waals surface area contributed by atoms with Crippen molar-refractivity contribution in [3.8, 4) is 11.3 Å². The number of fused-ring (bicyclic) bond motifs is 2. The molecule has 186 valence electrons. The smallest absolute Gasteiger partial charge is 0.316 e. The molecule has 14 radical (unpaired) electrons. The number of nitrogens with zero attached hydrogens (tertiary/aromatic N) is 4. The number of hydrogen-bond acceptors (Lipinski definition) is 4. The minimum Gasteiger partial charge on any atom is -0.316 e. The molecule has 2 aromatic carbocycles. The number of rotatable bonds is 4. The van der Waals surface area contributed by atoms with E-state index in [1.54, 1.807) is 6.20 Å². The summed E-state index contributed by atoms with van der Waals surface area (Å²) < 4.78 is 0. The Morgan fingerprint density at radius 2 is 1.71 bits per heavy atom. The largest absolute Gasteiger partial charge is 0.322 e. The number of piperidine rings is 1. The molecule has 0 bridgehead atoms. The number of urea groups is 1. The lowest BCUT2D eigenvalue weighted by Gasteiger charge is -2.49. The fraction of sp³-hybridized carbons (Fsp3) is 0.296. The summed E-state index contributed by atoms with van der Waals surface area (Å²) in [6, 6.07) is 7.53. The molecule has 2 aliphatic rings. The maximum absolute atomic E-state index is 13.3. The molecule has 1 fully saturated rings. The lowest BCUT2D eigenvalue weighted by atomic mass is 9.48. The number of aromatic nitrogens is 3. The number of anilines is 1. The highest BCUT2D eigenvalue weighted by molar-refractivity contribution is 6.68. The average molecular weight is 521 g/mol.